The van der Waals surface area contributed by atoms with Crippen LogP contribution < -0.4 is 5.73 Å². The smallest absolute Gasteiger partial charge is 0.356 e. The van der Waals surface area contributed by atoms with Crippen molar-refractivity contribution in [2.45, 2.75) is 6.92 Å². The minimum Gasteiger partial charge on any atom is -0.512 e. The van der Waals surface area contributed by atoms with Crippen molar-refractivity contribution in [3.05, 3.63) is 41.7 Å². The highest BCUT2D eigenvalue weighted by Gasteiger charge is 2.04. The molecule has 0 aliphatic heterocycles. The van der Waals surface area contributed by atoms with Crippen molar-refractivity contribution in [2.75, 3.05) is 6.54 Å². The number of primary amides is 1. The van der Waals surface area contributed by atoms with E-state index in [0.717, 1.165) is 5.56 Å². The second-order valence-electron chi connectivity index (χ2n) is 3.17. The Balaban J connectivity index is 2.87. The molecule has 16 heavy (non-hydrogen) atoms. The zero-order chi connectivity index (χ0) is 12.0. The fraction of sp³-hybridized carbons (Fsp3) is 0.182. The van der Waals surface area contributed by atoms with Crippen molar-refractivity contribution in [3.8, 4) is 0 Å². The van der Waals surface area contributed by atoms with E-state index in [9.17, 15) is 9.90 Å². The molecule has 0 aromatic heterocycles. The molecule has 0 aliphatic carbocycles. The minimum absolute atomic E-state index is 0.120. The van der Waals surface area contributed by atoms with E-state index in [2.05, 4.69) is 10.2 Å². The van der Waals surface area contributed by atoms with Gasteiger partial charge in [-0.3, -0.25) is 0 Å². The third kappa shape index (κ3) is 3.53. The molecular formula is C11H13N3O2. The van der Waals surface area contributed by atoms with Crippen molar-refractivity contribution in [1.29, 1.82) is 0 Å². The normalized spacial score (nSPS) is 12.6. The topological polar surface area (TPSA) is 88.0 Å². The van der Waals surface area contributed by atoms with Crippen molar-refractivity contribution >= 4 is 11.6 Å². The maximum atomic E-state index is 10.4. The summed E-state index contributed by atoms with van der Waals surface area (Å²) in [4.78, 5) is 10.4. The van der Waals surface area contributed by atoms with Crippen LogP contribution in [-0.2, 0) is 0 Å². The number of nitrogens with zero attached hydrogens (tertiary/aromatic N) is 2. The first-order chi connectivity index (χ1) is 7.61. The number of amides is 2. The molecule has 2 amide bonds. The van der Waals surface area contributed by atoms with Crippen molar-refractivity contribution in [2.24, 2.45) is 16.0 Å². The number of benzene rings is 1. The highest BCUT2D eigenvalue weighted by molar-refractivity contribution is 5.72. The van der Waals surface area contributed by atoms with E-state index < -0.39 is 6.03 Å². The highest BCUT2D eigenvalue weighted by Crippen LogP contribution is 2.17. The molecule has 0 saturated carbocycles. The molecule has 0 fully saturated rings. The highest BCUT2D eigenvalue weighted by atomic mass is 16.3. The quantitative estimate of drug-likeness (QED) is 0.604. The molecule has 5 nitrogen and oxygen atoms in total. The molecule has 3 N–H and O–H groups in total. The molecule has 1 rings (SSSR count). The maximum absolute atomic E-state index is 10.4. The average molecular weight is 219 g/mol. The second-order valence-corrected chi connectivity index (χ2v) is 3.17. The molecule has 0 spiro atoms. The van der Waals surface area contributed by atoms with E-state index in [4.69, 9.17) is 5.73 Å². The van der Waals surface area contributed by atoms with E-state index in [1.165, 1.54) is 0 Å². The Morgan fingerprint density at radius 2 is 2.00 bits per heavy atom. The zero-order valence-corrected chi connectivity index (χ0v) is 8.92. The summed E-state index contributed by atoms with van der Waals surface area (Å²) in [6.07, 6.45) is 0. The van der Waals surface area contributed by atoms with Crippen molar-refractivity contribution in [1.82, 2.24) is 0 Å². The molecule has 84 valence electrons. The van der Waals surface area contributed by atoms with Crippen LogP contribution in [0.5, 0.6) is 0 Å². The van der Waals surface area contributed by atoms with Gasteiger partial charge in [0.05, 0.1) is 12.3 Å². The summed E-state index contributed by atoms with van der Waals surface area (Å²) >= 11 is 0. The van der Waals surface area contributed by atoms with E-state index >= 15 is 0 Å². The fourth-order valence-corrected chi connectivity index (χ4v) is 1.23. The Hall–Kier alpha value is -2.17. The van der Waals surface area contributed by atoms with Crippen molar-refractivity contribution in [3.63, 3.8) is 0 Å². The van der Waals surface area contributed by atoms with Gasteiger partial charge in [-0.25, -0.2) is 4.79 Å². The van der Waals surface area contributed by atoms with Crippen LogP contribution in [0, 0.1) is 0 Å². The molecule has 0 heterocycles. The predicted octanol–water partition coefficient (Wildman–Crippen LogP) is 2.51. The van der Waals surface area contributed by atoms with Gasteiger partial charge in [0.15, 0.2) is 0 Å². The molecule has 0 atom stereocenters. The van der Waals surface area contributed by atoms with Crippen LogP contribution in [0.1, 0.15) is 12.5 Å². The first kappa shape index (κ1) is 11.9. The number of hydrogen-bond donors (Lipinski definition) is 2. The van der Waals surface area contributed by atoms with Gasteiger partial charge in [-0.15, -0.1) is 0 Å². The van der Waals surface area contributed by atoms with E-state index in [1.54, 1.807) is 6.92 Å². The van der Waals surface area contributed by atoms with Gasteiger partial charge in [0.1, 0.15) is 0 Å². The van der Waals surface area contributed by atoms with Crippen LogP contribution in [0.2, 0.25) is 0 Å². The lowest BCUT2D eigenvalue weighted by Crippen LogP contribution is -2.03. The number of azo groups is 1. The molecule has 0 radical (unpaired) electrons. The molecule has 0 unspecified atom stereocenters. The fourth-order valence-electron chi connectivity index (χ4n) is 1.23. The van der Waals surface area contributed by atoms with Crippen LogP contribution in [0.3, 0.4) is 0 Å². The van der Waals surface area contributed by atoms with Gasteiger partial charge in [-0.05, 0) is 12.5 Å². The third-order valence-corrected chi connectivity index (χ3v) is 1.96. The van der Waals surface area contributed by atoms with Gasteiger partial charge in [-0.1, -0.05) is 35.4 Å². The Morgan fingerprint density at radius 3 is 2.50 bits per heavy atom. The van der Waals surface area contributed by atoms with Crippen molar-refractivity contribution < 1.29 is 9.90 Å². The Bertz CT molecular complexity index is 420. The van der Waals surface area contributed by atoms with Gasteiger partial charge < -0.3 is 10.8 Å². The van der Waals surface area contributed by atoms with E-state index in [1.807, 2.05) is 30.3 Å². The molecular weight excluding hydrogens is 206 g/mol. The number of carbonyl (C=O) groups is 1. The number of aliphatic hydroxyl groups excluding tert-OH is 1. The van der Waals surface area contributed by atoms with Crippen LogP contribution in [0.15, 0.2) is 46.3 Å². The Kier molecular flexibility index (Phi) is 4.20. The molecule has 0 saturated heterocycles. The standard InChI is InChI=1S/C11H13N3O2/c1-8(15)10(7-13-14-11(12)16)9-5-3-2-4-6-9/h2-6,15H,7H2,1H3,(H2,12,16). The molecule has 5 heteroatoms. The monoisotopic (exact) mass is 219 g/mol. The van der Waals surface area contributed by atoms with Crippen LogP contribution in [0.4, 0.5) is 4.79 Å². The largest absolute Gasteiger partial charge is 0.512 e. The summed E-state index contributed by atoms with van der Waals surface area (Å²) in [5, 5.41) is 16.3. The lowest BCUT2D eigenvalue weighted by molar-refractivity contribution is 0.255. The summed E-state index contributed by atoms with van der Waals surface area (Å²) in [7, 11) is 0. The minimum atomic E-state index is -0.844. The van der Waals surface area contributed by atoms with Gasteiger partial charge in [0, 0.05) is 5.57 Å². The number of allylic oxidation sites excluding steroid dienone is 1. The summed E-state index contributed by atoms with van der Waals surface area (Å²) < 4.78 is 0. The Morgan fingerprint density at radius 1 is 1.38 bits per heavy atom. The second kappa shape index (κ2) is 5.65. The lowest BCUT2D eigenvalue weighted by Gasteiger charge is -2.05. The average Bonchev–Trinajstić information content (AvgIpc) is 2.25. The van der Waals surface area contributed by atoms with Gasteiger partial charge in [0.2, 0.25) is 0 Å². The van der Waals surface area contributed by atoms with E-state index in [-0.39, 0.29) is 12.3 Å². The number of urea groups is 1. The number of hydrogen-bond acceptors (Lipinski definition) is 3. The predicted molar refractivity (Wildman–Crippen MR) is 61.0 cm³/mol. The molecule has 0 bridgehead atoms. The first-order valence-electron chi connectivity index (χ1n) is 4.72. The number of rotatable bonds is 3. The number of carbonyl (C=O) groups excluding carboxylic acids is 1. The summed E-state index contributed by atoms with van der Waals surface area (Å²) in [5.74, 6) is 0.148. The maximum Gasteiger partial charge on any atom is 0.356 e. The zero-order valence-electron chi connectivity index (χ0n) is 8.92. The lowest BCUT2D eigenvalue weighted by atomic mass is 10.1. The molecule has 0 aliphatic rings. The van der Waals surface area contributed by atoms with Gasteiger partial charge in [0.25, 0.3) is 0 Å². The number of nitrogens with two attached hydrogens (primary N) is 1. The Labute approximate surface area is 93.3 Å². The van der Waals surface area contributed by atoms with Gasteiger partial charge >= 0.3 is 6.03 Å². The SMILES string of the molecule is CC(O)=C(CN=NC(N)=O)c1ccccc1. The molecule has 1 aromatic rings. The van der Waals surface area contributed by atoms with Crippen LogP contribution >= 0.6 is 0 Å². The summed E-state index contributed by atoms with van der Waals surface area (Å²) in [6.45, 7) is 1.68. The van der Waals surface area contributed by atoms with Gasteiger partial charge in [-0.2, -0.15) is 5.11 Å². The van der Waals surface area contributed by atoms with Crippen LogP contribution in [-0.4, -0.2) is 17.7 Å². The third-order valence-electron chi connectivity index (χ3n) is 1.96. The summed E-state index contributed by atoms with van der Waals surface area (Å²) in [6, 6.07) is 8.41. The number of aliphatic hydroxyl groups is 1. The van der Waals surface area contributed by atoms with Crippen LogP contribution in [0.25, 0.3) is 5.57 Å². The van der Waals surface area contributed by atoms with E-state index in [0.29, 0.717) is 5.57 Å². The summed E-state index contributed by atoms with van der Waals surface area (Å²) in [5.41, 5.74) is 6.27. The first-order valence-corrected chi connectivity index (χ1v) is 4.72. The molecule has 1 aromatic carbocycles.